The maximum absolute atomic E-state index is 4.23. The molecule has 0 spiro atoms. The van der Waals surface area contributed by atoms with E-state index in [1.807, 2.05) is 32.9 Å². The zero-order chi connectivity index (χ0) is 11.5. The molecule has 0 saturated carbocycles. The lowest BCUT2D eigenvalue weighted by atomic mass is 10.2. The van der Waals surface area contributed by atoms with Gasteiger partial charge in [0.05, 0.1) is 11.4 Å². The molecule has 4 nitrogen and oxygen atoms in total. The molecule has 0 saturated heterocycles. The largest absolute Gasteiger partial charge is 0.338 e. The van der Waals surface area contributed by atoms with Gasteiger partial charge in [-0.15, -0.1) is 0 Å². The Kier molecular flexibility index (Phi) is 2.81. The van der Waals surface area contributed by atoms with Gasteiger partial charge in [0, 0.05) is 17.5 Å². The molecule has 0 unspecified atom stereocenters. The third-order valence-electron chi connectivity index (χ3n) is 2.60. The fraction of sp³-hybridized carbons (Fsp3) is 0.250. The third kappa shape index (κ3) is 2.00. The molecule has 0 aliphatic carbocycles. The van der Waals surface area contributed by atoms with Gasteiger partial charge in [0.1, 0.15) is 12.1 Å². The molecule has 0 amide bonds. The van der Waals surface area contributed by atoms with Crippen LogP contribution in [0.15, 0.2) is 24.7 Å². The summed E-state index contributed by atoms with van der Waals surface area (Å²) in [6.45, 7) is 5.94. The van der Waals surface area contributed by atoms with Crippen molar-refractivity contribution in [3.8, 4) is 0 Å². The Labute approximate surface area is 94.8 Å². The van der Waals surface area contributed by atoms with Crippen molar-refractivity contribution in [3.63, 3.8) is 0 Å². The Hall–Kier alpha value is -1.97. The van der Waals surface area contributed by atoms with Crippen molar-refractivity contribution in [3.05, 3.63) is 41.6 Å². The first-order chi connectivity index (χ1) is 7.68. The molecule has 82 valence electrons. The molecule has 0 radical (unpaired) electrons. The van der Waals surface area contributed by atoms with Crippen LogP contribution in [-0.4, -0.2) is 15.0 Å². The summed E-state index contributed by atoms with van der Waals surface area (Å²) >= 11 is 0. The van der Waals surface area contributed by atoms with Crippen molar-refractivity contribution in [1.29, 1.82) is 0 Å². The van der Waals surface area contributed by atoms with Crippen LogP contribution >= 0.6 is 0 Å². The van der Waals surface area contributed by atoms with E-state index >= 15 is 0 Å². The predicted octanol–water partition coefficient (Wildman–Crippen LogP) is 2.54. The molecular formula is C12H14N4. The first-order valence-electron chi connectivity index (χ1n) is 5.15. The van der Waals surface area contributed by atoms with E-state index in [0.717, 1.165) is 28.5 Å². The number of aromatic nitrogens is 3. The van der Waals surface area contributed by atoms with E-state index in [0.29, 0.717) is 0 Å². The van der Waals surface area contributed by atoms with Gasteiger partial charge in [0.15, 0.2) is 0 Å². The van der Waals surface area contributed by atoms with Gasteiger partial charge >= 0.3 is 0 Å². The van der Waals surface area contributed by atoms with E-state index in [-0.39, 0.29) is 0 Å². The summed E-state index contributed by atoms with van der Waals surface area (Å²) in [4.78, 5) is 12.6. The summed E-state index contributed by atoms with van der Waals surface area (Å²) in [6, 6.07) is 3.89. The van der Waals surface area contributed by atoms with Gasteiger partial charge in [0.2, 0.25) is 0 Å². The molecule has 16 heavy (non-hydrogen) atoms. The van der Waals surface area contributed by atoms with Gasteiger partial charge in [-0.3, -0.25) is 4.98 Å². The molecule has 2 aromatic rings. The van der Waals surface area contributed by atoms with E-state index in [1.54, 1.807) is 12.5 Å². The van der Waals surface area contributed by atoms with Crippen LogP contribution in [-0.2, 0) is 0 Å². The minimum Gasteiger partial charge on any atom is -0.338 e. The number of anilines is 2. The van der Waals surface area contributed by atoms with Crippen molar-refractivity contribution in [2.75, 3.05) is 5.32 Å². The van der Waals surface area contributed by atoms with Crippen molar-refractivity contribution >= 4 is 11.5 Å². The van der Waals surface area contributed by atoms with Crippen LogP contribution in [0.1, 0.15) is 17.0 Å². The third-order valence-corrected chi connectivity index (χ3v) is 2.60. The summed E-state index contributed by atoms with van der Waals surface area (Å²) in [5.41, 5.74) is 3.98. The standard InChI is InChI=1S/C12H14N4/c1-8-9(2)14-7-15-12(8)16-11-5-4-6-13-10(11)3/h4-7H,1-3H3,(H,14,15,16). The van der Waals surface area contributed by atoms with Crippen molar-refractivity contribution in [2.45, 2.75) is 20.8 Å². The molecule has 4 heteroatoms. The lowest BCUT2D eigenvalue weighted by molar-refractivity contribution is 1.06. The normalized spacial score (nSPS) is 10.2. The molecule has 1 N–H and O–H groups in total. The lowest BCUT2D eigenvalue weighted by Crippen LogP contribution is -2.01. The summed E-state index contributed by atoms with van der Waals surface area (Å²) < 4.78 is 0. The monoisotopic (exact) mass is 214 g/mol. The maximum Gasteiger partial charge on any atom is 0.136 e. The smallest absolute Gasteiger partial charge is 0.136 e. The van der Waals surface area contributed by atoms with Crippen LogP contribution in [0, 0.1) is 20.8 Å². The Balaban J connectivity index is 2.35. The summed E-state index contributed by atoms with van der Waals surface area (Å²) in [5.74, 6) is 0.837. The molecular weight excluding hydrogens is 200 g/mol. The van der Waals surface area contributed by atoms with Crippen LogP contribution in [0.3, 0.4) is 0 Å². The number of nitrogens with zero attached hydrogens (tertiary/aromatic N) is 3. The highest BCUT2D eigenvalue weighted by Crippen LogP contribution is 2.20. The SMILES string of the molecule is Cc1ncccc1Nc1ncnc(C)c1C. The van der Waals surface area contributed by atoms with Gasteiger partial charge in [-0.2, -0.15) is 0 Å². The van der Waals surface area contributed by atoms with E-state index in [9.17, 15) is 0 Å². The highest BCUT2D eigenvalue weighted by molar-refractivity contribution is 5.61. The maximum atomic E-state index is 4.23. The Bertz CT molecular complexity index is 508. The minimum atomic E-state index is 0.837. The average molecular weight is 214 g/mol. The lowest BCUT2D eigenvalue weighted by Gasteiger charge is -2.10. The van der Waals surface area contributed by atoms with Crippen molar-refractivity contribution in [1.82, 2.24) is 15.0 Å². The Morgan fingerprint density at radius 1 is 1.00 bits per heavy atom. The van der Waals surface area contributed by atoms with Crippen molar-refractivity contribution < 1.29 is 0 Å². The second-order valence-corrected chi connectivity index (χ2v) is 3.69. The second kappa shape index (κ2) is 4.26. The van der Waals surface area contributed by atoms with E-state index < -0.39 is 0 Å². The number of hydrogen-bond donors (Lipinski definition) is 1. The van der Waals surface area contributed by atoms with Gasteiger partial charge in [0.25, 0.3) is 0 Å². The van der Waals surface area contributed by atoms with Crippen LogP contribution in [0.25, 0.3) is 0 Å². The number of hydrogen-bond acceptors (Lipinski definition) is 4. The molecule has 0 aliphatic heterocycles. The molecule has 0 bridgehead atoms. The number of pyridine rings is 1. The Morgan fingerprint density at radius 3 is 2.56 bits per heavy atom. The zero-order valence-electron chi connectivity index (χ0n) is 9.65. The topological polar surface area (TPSA) is 50.7 Å². The Morgan fingerprint density at radius 2 is 1.81 bits per heavy atom. The summed E-state index contributed by atoms with van der Waals surface area (Å²) in [6.07, 6.45) is 3.34. The first-order valence-corrected chi connectivity index (χ1v) is 5.15. The van der Waals surface area contributed by atoms with Crippen LogP contribution in [0.5, 0.6) is 0 Å². The van der Waals surface area contributed by atoms with Gasteiger partial charge in [-0.05, 0) is 32.9 Å². The summed E-state index contributed by atoms with van der Waals surface area (Å²) in [5, 5.41) is 3.27. The predicted molar refractivity (Wildman–Crippen MR) is 63.8 cm³/mol. The molecule has 2 aromatic heterocycles. The first kappa shape index (κ1) is 10.5. The molecule has 0 aromatic carbocycles. The minimum absolute atomic E-state index is 0.837. The molecule has 2 rings (SSSR count). The number of nitrogens with one attached hydrogen (secondary N) is 1. The van der Waals surface area contributed by atoms with Crippen LogP contribution in [0.2, 0.25) is 0 Å². The molecule has 0 atom stereocenters. The summed E-state index contributed by atoms with van der Waals surface area (Å²) in [7, 11) is 0. The van der Waals surface area contributed by atoms with Gasteiger partial charge in [-0.1, -0.05) is 0 Å². The highest BCUT2D eigenvalue weighted by Gasteiger charge is 2.05. The van der Waals surface area contributed by atoms with Crippen LogP contribution < -0.4 is 5.32 Å². The van der Waals surface area contributed by atoms with Gasteiger partial charge in [-0.25, -0.2) is 9.97 Å². The fourth-order valence-corrected chi connectivity index (χ4v) is 1.41. The van der Waals surface area contributed by atoms with Crippen molar-refractivity contribution in [2.24, 2.45) is 0 Å². The average Bonchev–Trinajstić information content (AvgIpc) is 2.28. The van der Waals surface area contributed by atoms with E-state index in [1.165, 1.54) is 0 Å². The molecule has 0 fully saturated rings. The van der Waals surface area contributed by atoms with Crippen LogP contribution in [0.4, 0.5) is 11.5 Å². The molecule has 2 heterocycles. The number of aryl methyl sites for hydroxylation is 2. The van der Waals surface area contributed by atoms with E-state index in [2.05, 4.69) is 20.3 Å². The van der Waals surface area contributed by atoms with E-state index in [4.69, 9.17) is 0 Å². The van der Waals surface area contributed by atoms with Gasteiger partial charge < -0.3 is 5.32 Å². The highest BCUT2D eigenvalue weighted by atomic mass is 15.0. The molecule has 0 aliphatic rings. The zero-order valence-corrected chi connectivity index (χ0v) is 9.65. The second-order valence-electron chi connectivity index (χ2n) is 3.69. The fourth-order valence-electron chi connectivity index (χ4n) is 1.41. The number of rotatable bonds is 2. The quantitative estimate of drug-likeness (QED) is 0.834.